The summed E-state index contributed by atoms with van der Waals surface area (Å²) in [5.41, 5.74) is 0.946. The van der Waals surface area contributed by atoms with Crippen molar-refractivity contribution in [3.8, 4) is 17.2 Å². The maximum absolute atomic E-state index is 12.7. The first kappa shape index (κ1) is 18.4. The van der Waals surface area contributed by atoms with E-state index in [4.69, 9.17) is 14.2 Å². The minimum Gasteiger partial charge on any atom is -0.493 e. The molecular weight excluding hydrogens is 398 g/mol. The van der Waals surface area contributed by atoms with Gasteiger partial charge in [-0.1, -0.05) is 22.0 Å². The molecule has 0 radical (unpaired) electrons. The van der Waals surface area contributed by atoms with Gasteiger partial charge in [0, 0.05) is 16.6 Å². The van der Waals surface area contributed by atoms with E-state index in [1.165, 1.54) is 33.5 Å². The molecule has 130 valence electrons. The van der Waals surface area contributed by atoms with Gasteiger partial charge in [0.1, 0.15) is 0 Å². The molecular formula is C16H18BrNO5S. The summed E-state index contributed by atoms with van der Waals surface area (Å²) in [5.74, 6) is 1.11. The SMILES string of the molecule is COc1cc(NS(=O)(=O)c2cc(Br)ccc2C)cc(OC)c1OC. The normalized spacial score (nSPS) is 11.0. The predicted octanol–water partition coefficient (Wildman–Crippen LogP) is 3.58. The van der Waals surface area contributed by atoms with Gasteiger partial charge in [-0.05, 0) is 24.6 Å². The highest BCUT2D eigenvalue weighted by atomic mass is 79.9. The average molecular weight is 416 g/mol. The van der Waals surface area contributed by atoms with E-state index in [0.717, 1.165) is 0 Å². The molecule has 2 rings (SSSR count). The van der Waals surface area contributed by atoms with Gasteiger partial charge in [-0.2, -0.15) is 0 Å². The van der Waals surface area contributed by atoms with E-state index in [9.17, 15) is 8.42 Å². The Kier molecular flexibility index (Phi) is 5.61. The molecule has 0 heterocycles. The summed E-state index contributed by atoms with van der Waals surface area (Å²) in [5, 5.41) is 0. The van der Waals surface area contributed by atoms with E-state index in [1.807, 2.05) is 0 Å². The zero-order valence-electron chi connectivity index (χ0n) is 13.7. The van der Waals surface area contributed by atoms with Crippen LogP contribution in [0.25, 0.3) is 0 Å². The van der Waals surface area contributed by atoms with Crippen LogP contribution in [0, 0.1) is 6.92 Å². The van der Waals surface area contributed by atoms with Crippen molar-refractivity contribution < 1.29 is 22.6 Å². The van der Waals surface area contributed by atoms with Crippen LogP contribution in [0.2, 0.25) is 0 Å². The Hall–Kier alpha value is -1.93. The van der Waals surface area contributed by atoms with Gasteiger partial charge in [0.25, 0.3) is 10.0 Å². The molecule has 2 aromatic carbocycles. The van der Waals surface area contributed by atoms with Crippen LogP contribution >= 0.6 is 15.9 Å². The summed E-state index contributed by atoms with van der Waals surface area (Å²) in [6, 6.07) is 8.13. The predicted molar refractivity (Wildman–Crippen MR) is 95.8 cm³/mol. The van der Waals surface area contributed by atoms with Gasteiger partial charge in [0.15, 0.2) is 11.5 Å². The first-order valence-electron chi connectivity index (χ1n) is 6.91. The summed E-state index contributed by atoms with van der Waals surface area (Å²) < 4.78 is 44.3. The van der Waals surface area contributed by atoms with Crippen molar-refractivity contribution in [1.29, 1.82) is 0 Å². The molecule has 1 N–H and O–H groups in total. The molecule has 0 fully saturated rings. The largest absolute Gasteiger partial charge is 0.493 e. The lowest BCUT2D eigenvalue weighted by molar-refractivity contribution is 0.325. The Morgan fingerprint density at radius 1 is 0.958 bits per heavy atom. The van der Waals surface area contributed by atoms with E-state index in [2.05, 4.69) is 20.7 Å². The fourth-order valence-electron chi connectivity index (χ4n) is 2.21. The smallest absolute Gasteiger partial charge is 0.262 e. The third-order valence-electron chi connectivity index (χ3n) is 3.36. The highest BCUT2D eigenvalue weighted by Crippen LogP contribution is 2.40. The van der Waals surface area contributed by atoms with Gasteiger partial charge in [-0.15, -0.1) is 0 Å². The first-order valence-corrected chi connectivity index (χ1v) is 9.19. The number of rotatable bonds is 6. The van der Waals surface area contributed by atoms with E-state index in [-0.39, 0.29) is 4.90 Å². The molecule has 0 saturated carbocycles. The minimum atomic E-state index is -3.77. The number of methoxy groups -OCH3 is 3. The Morgan fingerprint density at radius 3 is 2.04 bits per heavy atom. The number of anilines is 1. The third kappa shape index (κ3) is 3.76. The first-order chi connectivity index (χ1) is 11.3. The Labute approximate surface area is 149 Å². The lowest BCUT2D eigenvalue weighted by Gasteiger charge is -2.16. The Morgan fingerprint density at radius 2 is 1.54 bits per heavy atom. The molecule has 0 saturated heterocycles. The van der Waals surface area contributed by atoms with Crippen molar-refractivity contribution in [1.82, 2.24) is 0 Å². The summed E-state index contributed by atoms with van der Waals surface area (Å²) in [4.78, 5) is 0.186. The lowest BCUT2D eigenvalue weighted by Crippen LogP contribution is -2.14. The van der Waals surface area contributed by atoms with Crippen LogP contribution < -0.4 is 18.9 Å². The van der Waals surface area contributed by atoms with Crippen LogP contribution in [0.3, 0.4) is 0 Å². The summed E-state index contributed by atoms with van der Waals surface area (Å²) >= 11 is 3.29. The molecule has 2 aromatic rings. The van der Waals surface area contributed by atoms with Gasteiger partial charge in [-0.25, -0.2) is 8.42 Å². The van der Waals surface area contributed by atoms with Crippen molar-refractivity contribution in [3.05, 3.63) is 40.4 Å². The van der Waals surface area contributed by atoms with Crippen molar-refractivity contribution in [2.24, 2.45) is 0 Å². The number of hydrogen-bond acceptors (Lipinski definition) is 5. The van der Waals surface area contributed by atoms with Gasteiger partial charge in [0.2, 0.25) is 5.75 Å². The Bertz CT molecular complexity index is 827. The number of aryl methyl sites for hydroxylation is 1. The summed E-state index contributed by atoms with van der Waals surface area (Å²) in [6.45, 7) is 1.73. The second-order valence-corrected chi connectivity index (χ2v) is 7.50. The van der Waals surface area contributed by atoms with Crippen LogP contribution in [0.1, 0.15) is 5.56 Å². The van der Waals surface area contributed by atoms with Crippen LogP contribution in [-0.2, 0) is 10.0 Å². The third-order valence-corrected chi connectivity index (χ3v) is 5.37. The van der Waals surface area contributed by atoms with Crippen LogP contribution in [-0.4, -0.2) is 29.7 Å². The minimum absolute atomic E-state index is 0.186. The second-order valence-electron chi connectivity index (χ2n) is 4.93. The molecule has 0 aliphatic carbocycles. The summed E-state index contributed by atoms with van der Waals surface area (Å²) in [7, 11) is 0.646. The number of ether oxygens (including phenoxy) is 3. The number of benzene rings is 2. The molecule has 0 unspecified atom stereocenters. The van der Waals surface area contributed by atoms with Gasteiger partial charge in [0.05, 0.1) is 31.9 Å². The molecule has 0 atom stereocenters. The van der Waals surface area contributed by atoms with Gasteiger partial charge in [-0.3, -0.25) is 4.72 Å². The van der Waals surface area contributed by atoms with E-state index in [0.29, 0.717) is 33.0 Å². The van der Waals surface area contributed by atoms with Crippen LogP contribution in [0.4, 0.5) is 5.69 Å². The highest BCUT2D eigenvalue weighted by Gasteiger charge is 2.20. The zero-order chi connectivity index (χ0) is 17.9. The molecule has 24 heavy (non-hydrogen) atoms. The maximum Gasteiger partial charge on any atom is 0.262 e. The fourth-order valence-corrected chi connectivity index (χ4v) is 4.04. The molecule has 0 bridgehead atoms. The monoisotopic (exact) mass is 415 g/mol. The molecule has 0 aliphatic heterocycles. The molecule has 8 heteroatoms. The van der Waals surface area contributed by atoms with Gasteiger partial charge < -0.3 is 14.2 Å². The molecule has 0 aromatic heterocycles. The van der Waals surface area contributed by atoms with Crippen LogP contribution in [0.5, 0.6) is 17.2 Å². The lowest BCUT2D eigenvalue weighted by atomic mass is 10.2. The molecule has 0 spiro atoms. The van der Waals surface area contributed by atoms with E-state index in [1.54, 1.807) is 25.1 Å². The van der Waals surface area contributed by atoms with Crippen molar-refractivity contribution in [2.75, 3.05) is 26.1 Å². The van der Waals surface area contributed by atoms with Crippen molar-refractivity contribution in [3.63, 3.8) is 0 Å². The topological polar surface area (TPSA) is 73.9 Å². The number of hydrogen-bond donors (Lipinski definition) is 1. The fraction of sp³-hybridized carbons (Fsp3) is 0.250. The number of nitrogens with one attached hydrogen (secondary N) is 1. The van der Waals surface area contributed by atoms with Crippen LogP contribution in [0.15, 0.2) is 39.7 Å². The van der Waals surface area contributed by atoms with E-state index >= 15 is 0 Å². The number of sulfonamides is 1. The average Bonchev–Trinajstić information content (AvgIpc) is 2.55. The Balaban J connectivity index is 2.48. The molecule has 6 nitrogen and oxygen atoms in total. The van der Waals surface area contributed by atoms with E-state index < -0.39 is 10.0 Å². The standard InChI is InChI=1S/C16H18BrNO5S/c1-10-5-6-11(17)7-15(10)24(19,20)18-12-8-13(21-2)16(23-4)14(9-12)22-3/h5-9,18H,1-4H3. The second kappa shape index (κ2) is 7.31. The van der Waals surface area contributed by atoms with Crippen molar-refractivity contribution in [2.45, 2.75) is 11.8 Å². The quantitative estimate of drug-likeness (QED) is 0.779. The van der Waals surface area contributed by atoms with Crippen molar-refractivity contribution >= 4 is 31.6 Å². The maximum atomic E-state index is 12.7. The zero-order valence-corrected chi connectivity index (χ0v) is 16.1. The number of halogens is 1. The van der Waals surface area contributed by atoms with Gasteiger partial charge >= 0.3 is 0 Å². The summed E-state index contributed by atoms with van der Waals surface area (Å²) in [6.07, 6.45) is 0. The molecule has 0 aliphatic rings. The molecule has 0 amide bonds. The highest BCUT2D eigenvalue weighted by molar-refractivity contribution is 9.10.